The van der Waals surface area contributed by atoms with Crippen LogP contribution in [0.2, 0.25) is 0 Å². The number of rotatable bonds is 3. The minimum absolute atomic E-state index is 0.258. The van der Waals surface area contributed by atoms with Gasteiger partial charge in [0.15, 0.2) is 0 Å². The summed E-state index contributed by atoms with van der Waals surface area (Å²) in [5.41, 5.74) is 3.97. The monoisotopic (exact) mass is 393 g/mol. The van der Waals surface area contributed by atoms with Crippen molar-refractivity contribution in [2.45, 2.75) is 5.92 Å². The molecule has 0 saturated carbocycles. The molecule has 0 spiro atoms. The van der Waals surface area contributed by atoms with E-state index in [0.29, 0.717) is 0 Å². The molecule has 1 aromatic heterocycles. The summed E-state index contributed by atoms with van der Waals surface area (Å²) in [7, 11) is 1.43. The fourth-order valence-corrected chi connectivity index (χ4v) is 3.66. The molecule has 0 radical (unpaired) electrons. The zero-order chi connectivity index (χ0) is 17.4. The van der Waals surface area contributed by atoms with E-state index in [0.717, 1.165) is 37.4 Å². The summed E-state index contributed by atoms with van der Waals surface area (Å²) < 4.78 is 6.09. The van der Waals surface area contributed by atoms with Gasteiger partial charge in [-0.05, 0) is 41.5 Å². The lowest BCUT2D eigenvalue weighted by atomic mass is 9.90. The topological polar surface area (TPSA) is 42.1 Å². The molecule has 0 aliphatic rings. The Hall–Kier alpha value is -2.59. The van der Waals surface area contributed by atoms with Gasteiger partial charge < -0.3 is 9.72 Å². The van der Waals surface area contributed by atoms with Crippen molar-refractivity contribution in [2.24, 2.45) is 0 Å². The average Bonchev–Trinajstić information content (AvgIpc) is 3.00. The summed E-state index contributed by atoms with van der Waals surface area (Å²) >= 11 is 3.53. The normalized spacial score (nSPS) is 12.4. The van der Waals surface area contributed by atoms with Gasteiger partial charge in [0, 0.05) is 26.3 Å². The van der Waals surface area contributed by atoms with Crippen molar-refractivity contribution in [2.75, 3.05) is 7.11 Å². The van der Waals surface area contributed by atoms with Gasteiger partial charge in [-0.2, -0.15) is 0 Å². The minimum atomic E-state index is -0.437. The molecule has 0 aliphatic heterocycles. The fourth-order valence-electron chi connectivity index (χ4n) is 3.29. The minimum Gasteiger partial charge on any atom is -0.468 e. The molecule has 0 fully saturated rings. The van der Waals surface area contributed by atoms with E-state index in [-0.39, 0.29) is 5.97 Å². The molecule has 1 unspecified atom stereocenters. The Morgan fingerprint density at radius 3 is 2.32 bits per heavy atom. The van der Waals surface area contributed by atoms with Crippen molar-refractivity contribution in [1.29, 1.82) is 0 Å². The number of esters is 1. The maximum Gasteiger partial charge on any atom is 0.317 e. The van der Waals surface area contributed by atoms with E-state index in [4.69, 9.17) is 4.74 Å². The third kappa shape index (κ3) is 2.83. The van der Waals surface area contributed by atoms with Crippen molar-refractivity contribution in [3.63, 3.8) is 0 Å². The molecule has 25 heavy (non-hydrogen) atoms. The van der Waals surface area contributed by atoms with Gasteiger partial charge in [-0.25, -0.2) is 0 Å². The van der Waals surface area contributed by atoms with E-state index in [9.17, 15) is 4.79 Å². The summed E-state index contributed by atoms with van der Waals surface area (Å²) in [5.74, 6) is -0.695. The van der Waals surface area contributed by atoms with E-state index in [2.05, 4.69) is 33.0 Å². The lowest BCUT2D eigenvalue weighted by Gasteiger charge is -2.15. The van der Waals surface area contributed by atoms with E-state index in [1.807, 2.05) is 54.6 Å². The highest BCUT2D eigenvalue weighted by Crippen LogP contribution is 2.33. The predicted molar refractivity (Wildman–Crippen MR) is 104 cm³/mol. The third-order valence-corrected chi connectivity index (χ3v) is 4.98. The molecule has 3 nitrogen and oxygen atoms in total. The summed E-state index contributed by atoms with van der Waals surface area (Å²) in [5, 5.41) is 2.22. The SMILES string of the molecule is COC(=O)C(c1ccccc1)c1ccc2[nH]c3ccc(Br)cc3c2c1. The summed E-state index contributed by atoms with van der Waals surface area (Å²) in [4.78, 5) is 15.9. The Kier molecular flexibility index (Phi) is 4.06. The maximum absolute atomic E-state index is 12.5. The molecular formula is C21H16BrNO2. The molecule has 0 bridgehead atoms. The summed E-state index contributed by atoms with van der Waals surface area (Å²) in [6.45, 7) is 0. The van der Waals surface area contributed by atoms with E-state index in [1.54, 1.807) is 0 Å². The van der Waals surface area contributed by atoms with Gasteiger partial charge in [-0.3, -0.25) is 4.79 Å². The Bertz CT molecular complexity index is 1070. The number of ether oxygens (including phenoxy) is 1. The molecule has 0 saturated heterocycles. The van der Waals surface area contributed by atoms with Gasteiger partial charge in [-0.1, -0.05) is 52.3 Å². The zero-order valence-corrected chi connectivity index (χ0v) is 15.2. The van der Waals surface area contributed by atoms with Crippen molar-refractivity contribution >= 4 is 43.7 Å². The molecular weight excluding hydrogens is 378 g/mol. The first kappa shape index (κ1) is 15.9. The lowest BCUT2D eigenvalue weighted by Crippen LogP contribution is -2.15. The van der Waals surface area contributed by atoms with Gasteiger partial charge in [0.1, 0.15) is 5.92 Å². The molecule has 4 rings (SSSR count). The van der Waals surface area contributed by atoms with Crippen molar-refractivity contribution in [3.05, 3.63) is 82.3 Å². The van der Waals surface area contributed by atoms with Crippen LogP contribution in [-0.2, 0) is 9.53 Å². The van der Waals surface area contributed by atoms with Crippen molar-refractivity contribution in [3.8, 4) is 0 Å². The second-order valence-corrected chi connectivity index (χ2v) is 6.90. The molecule has 4 aromatic rings. The number of H-pyrrole nitrogens is 1. The predicted octanol–water partition coefficient (Wildman–Crippen LogP) is 5.39. The lowest BCUT2D eigenvalue weighted by molar-refractivity contribution is -0.141. The van der Waals surface area contributed by atoms with Crippen LogP contribution in [0.25, 0.3) is 21.8 Å². The molecule has 1 N–H and O–H groups in total. The first-order valence-electron chi connectivity index (χ1n) is 8.01. The Balaban J connectivity index is 1.93. The average molecular weight is 394 g/mol. The van der Waals surface area contributed by atoms with Gasteiger partial charge in [0.25, 0.3) is 0 Å². The number of carbonyl (C=O) groups is 1. The number of nitrogens with one attached hydrogen (secondary N) is 1. The highest BCUT2D eigenvalue weighted by molar-refractivity contribution is 9.10. The van der Waals surface area contributed by atoms with Gasteiger partial charge in [-0.15, -0.1) is 0 Å². The number of fused-ring (bicyclic) bond motifs is 3. The molecule has 1 heterocycles. The van der Waals surface area contributed by atoms with Crippen LogP contribution >= 0.6 is 15.9 Å². The largest absolute Gasteiger partial charge is 0.468 e. The van der Waals surface area contributed by atoms with E-state index < -0.39 is 5.92 Å². The number of hydrogen-bond acceptors (Lipinski definition) is 2. The number of aromatic amines is 1. The first-order valence-corrected chi connectivity index (χ1v) is 8.80. The number of methoxy groups -OCH3 is 1. The van der Waals surface area contributed by atoms with E-state index in [1.165, 1.54) is 7.11 Å². The van der Waals surface area contributed by atoms with Crippen LogP contribution in [0.4, 0.5) is 0 Å². The highest BCUT2D eigenvalue weighted by Gasteiger charge is 2.24. The Morgan fingerprint density at radius 1 is 0.920 bits per heavy atom. The van der Waals surface area contributed by atoms with Gasteiger partial charge in [0.2, 0.25) is 0 Å². The van der Waals surface area contributed by atoms with Crippen LogP contribution in [0.5, 0.6) is 0 Å². The second-order valence-electron chi connectivity index (χ2n) is 5.99. The molecule has 4 heteroatoms. The van der Waals surface area contributed by atoms with Gasteiger partial charge in [0.05, 0.1) is 7.11 Å². The number of halogens is 1. The molecule has 0 aliphatic carbocycles. The van der Waals surface area contributed by atoms with Crippen LogP contribution in [-0.4, -0.2) is 18.1 Å². The smallest absolute Gasteiger partial charge is 0.317 e. The fraction of sp³-hybridized carbons (Fsp3) is 0.0952. The molecule has 0 amide bonds. The van der Waals surface area contributed by atoms with Crippen LogP contribution in [0.15, 0.2) is 71.2 Å². The summed E-state index contributed by atoms with van der Waals surface area (Å²) in [6.07, 6.45) is 0. The standard InChI is InChI=1S/C21H16BrNO2/c1-25-21(24)20(13-5-3-2-4-6-13)14-7-9-18-16(11-14)17-12-15(22)8-10-19(17)23-18/h2-12,20,23H,1H3. The maximum atomic E-state index is 12.5. The number of aromatic nitrogens is 1. The quantitative estimate of drug-likeness (QED) is 0.474. The van der Waals surface area contributed by atoms with Crippen LogP contribution < -0.4 is 0 Å². The number of benzene rings is 3. The van der Waals surface area contributed by atoms with Crippen molar-refractivity contribution in [1.82, 2.24) is 4.98 Å². The third-order valence-electron chi connectivity index (χ3n) is 4.49. The van der Waals surface area contributed by atoms with Gasteiger partial charge >= 0.3 is 5.97 Å². The Morgan fingerprint density at radius 2 is 1.60 bits per heavy atom. The van der Waals surface area contributed by atoms with E-state index >= 15 is 0 Å². The number of carbonyl (C=O) groups excluding carboxylic acids is 1. The van der Waals surface area contributed by atoms with Crippen LogP contribution in [0.1, 0.15) is 17.0 Å². The zero-order valence-electron chi connectivity index (χ0n) is 13.6. The molecule has 3 aromatic carbocycles. The first-order chi connectivity index (χ1) is 12.2. The van der Waals surface area contributed by atoms with Crippen LogP contribution in [0.3, 0.4) is 0 Å². The Labute approximate surface area is 153 Å². The number of hydrogen-bond donors (Lipinski definition) is 1. The second kappa shape index (κ2) is 6.37. The summed E-state index contributed by atoms with van der Waals surface area (Å²) in [6, 6.07) is 22.0. The highest BCUT2D eigenvalue weighted by atomic mass is 79.9. The van der Waals surface area contributed by atoms with Crippen molar-refractivity contribution < 1.29 is 9.53 Å². The molecule has 1 atom stereocenters. The van der Waals surface area contributed by atoms with Crippen LogP contribution in [0, 0.1) is 0 Å². The molecule has 124 valence electrons.